The minimum absolute atomic E-state index is 0.00528. The van der Waals surface area contributed by atoms with Crippen molar-refractivity contribution >= 4 is 39.4 Å². The van der Waals surface area contributed by atoms with Crippen LogP contribution >= 0.6 is 11.8 Å². The fraction of sp³-hybridized carbons (Fsp3) is 0.182. The molecule has 1 N–H and O–H groups in total. The molecule has 0 saturated carbocycles. The van der Waals surface area contributed by atoms with Crippen molar-refractivity contribution in [3.8, 4) is 11.5 Å². The first-order chi connectivity index (χ1) is 14.5. The van der Waals surface area contributed by atoms with E-state index < -0.39 is 4.92 Å². The molecule has 30 heavy (non-hydrogen) atoms. The average molecular weight is 420 g/mol. The predicted molar refractivity (Wildman–Crippen MR) is 113 cm³/mol. The van der Waals surface area contributed by atoms with Gasteiger partial charge < -0.3 is 4.74 Å². The van der Waals surface area contributed by atoms with Gasteiger partial charge in [-0.15, -0.1) is 0 Å². The molecule has 0 bridgehead atoms. The Bertz CT molecular complexity index is 1230. The van der Waals surface area contributed by atoms with Crippen molar-refractivity contribution in [1.29, 1.82) is 0 Å². The van der Waals surface area contributed by atoms with Crippen molar-refractivity contribution in [2.75, 3.05) is 0 Å². The molecular weight excluding hydrogens is 404 g/mol. The molecule has 1 unspecified atom stereocenters. The summed E-state index contributed by atoms with van der Waals surface area (Å²) in [6, 6.07) is 15.9. The number of carbonyl (C=O) groups is 2. The van der Waals surface area contributed by atoms with Gasteiger partial charge in [-0.1, -0.05) is 36.0 Å². The highest BCUT2D eigenvalue weighted by molar-refractivity contribution is 8.15. The fourth-order valence-corrected chi connectivity index (χ4v) is 5.27. The van der Waals surface area contributed by atoms with Crippen LogP contribution < -0.4 is 10.1 Å². The van der Waals surface area contributed by atoms with Gasteiger partial charge in [-0.2, -0.15) is 0 Å². The van der Waals surface area contributed by atoms with Crippen molar-refractivity contribution in [1.82, 2.24) is 5.32 Å². The lowest BCUT2D eigenvalue weighted by Gasteiger charge is -2.16. The Morgan fingerprint density at radius 2 is 1.87 bits per heavy atom. The van der Waals surface area contributed by atoms with Gasteiger partial charge in [-0.3, -0.25) is 25.0 Å². The Hall–Kier alpha value is -3.39. The Morgan fingerprint density at radius 3 is 2.60 bits per heavy atom. The number of nitrogens with zero attached hydrogens (tertiary/aromatic N) is 1. The van der Waals surface area contributed by atoms with Gasteiger partial charge in [-0.05, 0) is 48.2 Å². The van der Waals surface area contributed by atoms with Crippen LogP contribution in [0, 0.1) is 10.1 Å². The van der Waals surface area contributed by atoms with E-state index >= 15 is 0 Å². The number of non-ortho nitro benzene ring substituents is 1. The van der Waals surface area contributed by atoms with Crippen molar-refractivity contribution < 1.29 is 19.2 Å². The molecule has 0 radical (unpaired) electrons. The van der Waals surface area contributed by atoms with E-state index in [1.54, 1.807) is 24.3 Å². The molecule has 1 saturated heterocycles. The number of hydrogen-bond donors (Lipinski definition) is 1. The third kappa shape index (κ3) is 3.09. The number of amides is 2. The van der Waals surface area contributed by atoms with Crippen molar-refractivity contribution in [3.05, 3.63) is 75.8 Å². The minimum Gasteiger partial charge on any atom is -0.457 e. The summed E-state index contributed by atoms with van der Waals surface area (Å²) in [5, 5.41) is 14.2. The van der Waals surface area contributed by atoms with Gasteiger partial charge in [0.1, 0.15) is 16.7 Å². The number of carbonyl (C=O) groups excluding carboxylic acids is 2. The molecule has 5 rings (SSSR count). The molecule has 1 fully saturated rings. The second kappa shape index (κ2) is 7.14. The lowest BCUT2D eigenvalue weighted by molar-refractivity contribution is -0.383. The maximum Gasteiger partial charge on any atom is 0.286 e. The third-order valence-electron chi connectivity index (χ3n) is 5.61. The van der Waals surface area contributed by atoms with Crippen LogP contribution in [0.1, 0.15) is 23.5 Å². The quantitative estimate of drug-likeness (QED) is 0.475. The molecular formula is C22H16N2O5S. The Balaban J connectivity index is 1.45. The molecule has 2 atom stereocenters. The standard InChI is InChI=1S/C22H16N2O5S/c25-21-20(30-22(26)23-21)17-7-5-12-11-13(6-8-14(12)17)29-19-10-9-18(24(27)28)15-3-1-2-4-16(15)19/h1-4,6,8-11,17,20H,5,7H2,(H,23,25,26)/t17-,20?/m1/s1. The summed E-state index contributed by atoms with van der Waals surface area (Å²) in [6.07, 6.45) is 1.61. The van der Waals surface area contributed by atoms with Crippen LogP contribution in [0.15, 0.2) is 54.6 Å². The highest BCUT2D eigenvalue weighted by Gasteiger charge is 2.41. The molecule has 1 aliphatic carbocycles. The zero-order chi connectivity index (χ0) is 20.8. The fourth-order valence-electron chi connectivity index (χ4n) is 4.27. The second-order valence-corrected chi connectivity index (χ2v) is 8.42. The van der Waals surface area contributed by atoms with Gasteiger partial charge in [0.15, 0.2) is 0 Å². The van der Waals surface area contributed by atoms with Crippen LogP contribution in [-0.4, -0.2) is 21.3 Å². The number of thioether (sulfide) groups is 1. The highest BCUT2D eigenvalue weighted by atomic mass is 32.2. The van der Waals surface area contributed by atoms with Gasteiger partial charge in [-0.25, -0.2) is 0 Å². The molecule has 150 valence electrons. The van der Waals surface area contributed by atoms with Gasteiger partial charge in [0.2, 0.25) is 5.91 Å². The van der Waals surface area contributed by atoms with Gasteiger partial charge >= 0.3 is 0 Å². The first-order valence-corrected chi connectivity index (χ1v) is 10.4. The van der Waals surface area contributed by atoms with E-state index in [1.165, 1.54) is 6.07 Å². The Kier molecular flexibility index (Phi) is 4.43. The average Bonchev–Trinajstić information content (AvgIpc) is 3.29. The van der Waals surface area contributed by atoms with Gasteiger partial charge in [0.25, 0.3) is 10.9 Å². The molecule has 8 heteroatoms. The van der Waals surface area contributed by atoms with Gasteiger partial charge in [0.05, 0.1) is 10.3 Å². The SMILES string of the molecule is O=C1NC(=O)C([C@@H]2CCc3cc(Oc4ccc([N+](=O)[O-])c5ccccc45)ccc32)S1. The summed E-state index contributed by atoms with van der Waals surface area (Å²) in [5.74, 6) is 0.960. The number of hydrogen-bond acceptors (Lipinski definition) is 6. The third-order valence-corrected chi connectivity index (χ3v) is 6.72. The van der Waals surface area contributed by atoms with E-state index in [0.29, 0.717) is 22.3 Å². The van der Waals surface area contributed by atoms with Gasteiger partial charge in [0, 0.05) is 17.4 Å². The van der Waals surface area contributed by atoms with E-state index in [1.807, 2.05) is 24.3 Å². The molecule has 0 aromatic heterocycles. The summed E-state index contributed by atoms with van der Waals surface area (Å²) in [4.78, 5) is 34.5. The minimum atomic E-state index is -0.399. The number of ether oxygens (including phenoxy) is 1. The number of imide groups is 1. The number of nitro benzene ring substituents is 1. The lowest BCUT2D eigenvalue weighted by atomic mass is 9.97. The summed E-state index contributed by atoms with van der Waals surface area (Å²) in [7, 11) is 0. The normalized spacial score (nSPS) is 20.3. The molecule has 3 aromatic rings. The summed E-state index contributed by atoms with van der Waals surface area (Å²) in [6.45, 7) is 0. The summed E-state index contributed by atoms with van der Waals surface area (Å²) in [5.41, 5.74) is 2.20. The molecule has 2 aliphatic rings. The number of nitro groups is 1. The smallest absolute Gasteiger partial charge is 0.286 e. The van der Waals surface area contributed by atoms with E-state index in [9.17, 15) is 19.7 Å². The zero-order valence-electron chi connectivity index (χ0n) is 15.7. The number of aryl methyl sites for hydroxylation is 1. The van der Waals surface area contributed by atoms with Crippen LogP contribution in [0.5, 0.6) is 11.5 Å². The van der Waals surface area contributed by atoms with Crippen molar-refractivity contribution in [2.45, 2.75) is 24.0 Å². The maximum absolute atomic E-state index is 12.1. The lowest BCUT2D eigenvalue weighted by Crippen LogP contribution is -2.27. The number of rotatable bonds is 4. The van der Waals surface area contributed by atoms with Crippen LogP contribution in [0.2, 0.25) is 0 Å². The van der Waals surface area contributed by atoms with E-state index in [0.717, 1.165) is 35.7 Å². The number of fused-ring (bicyclic) bond motifs is 2. The topological polar surface area (TPSA) is 98.5 Å². The van der Waals surface area contributed by atoms with Crippen LogP contribution in [-0.2, 0) is 11.2 Å². The number of benzene rings is 3. The molecule has 2 amide bonds. The van der Waals surface area contributed by atoms with Crippen LogP contribution in [0.3, 0.4) is 0 Å². The van der Waals surface area contributed by atoms with E-state index in [-0.39, 0.29) is 28.0 Å². The second-order valence-electron chi connectivity index (χ2n) is 7.31. The maximum atomic E-state index is 12.1. The summed E-state index contributed by atoms with van der Waals surface area (Å²) < 4.78 is 6.09. The Morgan fingerprint density at radius 1 is 1.07 bits per heavy atom. The highest BCUT2D eigenvalue weighted by Crippen LogP contribution is 2.44. The molecule has 7 nitrogen and oxygen atoms in total. The predicted octanol–water partition coefficient (Wildman–Crippen LogP) is 4.92. The molecule has 1 aliphatic heterocycles. The first-order valence-electron chi connectivity index (χ1n) is 9.49. The molecule has 0 spiro atoms. The van der Waals surface area contributed by atoms with Crippen LogP contribution in [0.4, 0.5) is 10.5 Å². The summed E-state index contributed by atoms with van der Waals surface area (Å²) >= 11 is 1.06. The monoisotopic (exact) mass is 420 g/mol. The zero-order valence-corrected chi connectivity index (χ0v) is 16.5. The van der Waals surface area contributed by atoms with Crippen LogP contribution in [0.25, 0.3) is 10.8 Å². The Labute approximate surface area is 175 Å². The molecule has 3 aromatic carbocycles. The molecule has 1 heterocycles. The van der Waals surface area contributed by atoms with E-state index in [2.05, 4.69) is 5.32 Å². The number of nitrogens with one attached hydrogen (secondary N) is 1. The largest absolute Gasteiger partial charge is 0.457 e. The first kappa shape index (κ1) is 18.6. The van der Waals surface area contributed by atoms with Crippen molar-refractivity contribution in [3.63, 3.8) is 0 Å². The van der Waals surface area contributed by atoms with Crippen molar-refractivity contribution in [2.24, 2.45) is 0 Å². The van der Waals surface area contributed by atoms with E-state index in [4.69, 9.17) is 4.74 Å².